The van der Waals surface area contributed by atoms with Gasteiger partial charge in [-0.05, 0) is 49.2 Å². The number of benzene rings is 2. The molecular weight excluding hydrogens is 294 g/mol. The number of hydrogen-bond donors (Lipinski definition) is 0. The monoisotopic (exact) mass is 305 g/mol. The third-order valence-electron chi connectivity index (χ3n) is 2.97. The Labute approximate surface area is 126 Å². The highest BCUT2D eigenvalue weighted by atomic mass is 35.5. The summed E-state index contributed by atoms with van der Waals surface area (Å²) >= 11 is 5.95. The standard InChI is InChI=1S/C15H12ClNO4/c1-9-5-12(16)6-10(2)15(9)21-13-3-4-14(17(19)20)11(7-13)8-18/h3-8H,1-2H3. The Morgan fingerprint density at radius 2 is 1.81 bits per heavy atom. The Kier molecular flexibility index (Phi) is 4.23. The fourth-order valence-electron chi connectivity index (χ4n) is 2.03. The van der Waals surface area contributed by atoms with Crippen LogP contribution in [0.1, 0.15) is 21.5 Å². The highest BCUT2D eigenvalue weighted by molar-refractivity contribution is 6.30. The summed E-state index contributed by atoms with van der Waals surface area (Å²) in [5.41, 5.74) is 1.40. The molecule has 6 heteroatoms. The molecule has 0 saturated heterocycles. The van der Waals surface area contributed by atoms with Crippen LogP contribution in [0.15, 0.2) is 30.3 Å². The lowest BCUT2D eigenvalue weighted by molar-refractivity contribution is -0.385. The van der Waals surface area contributed by atoms with Gasteiger partial charge in [0.05, 0.1) is 10.5 Å². The van der Waals surface area contributed by atoms with Crippen molar-refractivity contribution in [2.75, 3.05) is 0 Å². The molecule has 0 fully saturated rings. The molecule has 108 valence electrons. The van der Waals surface area contributed by atoms with Gasteiger partial charge < -0.3 is 4.74 Å². The van der Waals surface area contributed by atoms with Gasteiger partial charge in [0.15, 0.2) is 6.29 Å². The van der Waals surface area contributed by atoms with Crippen molar-refractivity contribution < 1.29 is 14.5 Å². The molecule has 0 atom stereocenters. The van der Waals surface area contributed by atoms with Crippen molar-refractivity contribution in [1.82, 2.24) is 0 Å². The summed E-state index contributed by atoms with van der Waals surface area (Å²) in [5.74, 6) is 0.973. The Bertz CT molecular complexity index is 705. The molecule has 0 amide bonds. The Morgan fingerprint density at radius 3 is 2.33 bits per heavy atom. The predicted octanol–water partition coefficient (Wildman–Crippen LogP) is 4.47. The molecule has 0 heterocycles. The van der Waals surface area contributed by atoms with Crippen molar-refractivity contribution in [3.05, 3.63) is 62.2 Å². The molecule has 21 heavy (non-hydrogen) atoms. The van der Waals surface area contributed by atoms with Crippen LogP contribution in [0, 0.1) is 24.0 Å². The summed E-state index contributed by atoms with van der Waals surface area (Å²) in [4.78, 5) is 21.1. The number of nitrogens with zero attached hydrogens (tertiary/aromatic N) is 1. The first-order chi connectivity index (χ1) is 9.92. The second kappa shape index (κ2) is 5.93. The van der Waals surface area contributed by atoms with Crippen molar-refractivity contribution >= 4 is 23.6 Å². The lowest BCUT2D eigenvalue weighted by atomic mass is 10.1. The van der Waals surface area contributed by atoms with Crippen molar-refractivity contribution in [3.63, 3.8) is 0 Å². The maximum atomic E-state index is 10.9. The molecule has 0 aliphatic heterocycles. The molecule has 0 aliphatic rings. The summed E-state index contributed by atoms with van der Waals surface area (Å²) in [5, 5.41) is 11.4. The van der Waals surface area contributed by atoms with Crippen molar-refractivity contribution in [2.45, 2.75) is 13.8 Å². The number of hydrogen-bond acceptors (Lipinski definition) is 4. The Balaban J connectivity index is 2.41. The fourth-order valence-corrected chi connectivity index (χ4v) is 2.36. The van der Waals surface area contributed by atoms with Crippen LogP contribution in [0.25, 0.3) is 0 Å². The van der Waals surface area contributed by atoms with Gasteiger partial charge in [0.1, 0.15) is 11.5 Å². The third kappa shape index (κ3) is 3.20. The van der Waals surface area contributed by atoms with E-state index in [4.69, 9.17) is 16.3 Å². The van der Waals surface area contributed by atoms with Crippen LogP contribution in [0.3, 0.4) is 0 Å². The van der Waals surface area contributed by atoms with Gasteiger partial charge >= 0.3 is 0 Å². The molecule has 2 aromatic carbocycles. The first kappa shape index (κ1) is 15.0. The van der Waals surface area contributed by atoms with E-state index in [0.29, 0.717) is 22.8 Å². The summed E-state index contributed by atoms with van der Waals surface area (Å²) < 4.78 is 5.73. The minimum Gasteiger partial charge on any atom is -0.457 e. The van der Waals surface area contributed by atoms with Gasteiger partial charge in [-0.3, -0.25) is 14.9 Å². The van der Waals surface area contributed by atoms with Gasteiger partial charge in [-0.15, -0.1) is 0 Å². The summed E-state index contributed by atoms with van der Waals surface area (Å²) in [6, 6.07) is 7.57. The maximum Gasteiger partial charge on any atom is 0.280 e. The molecule has 0 unspecified atom stereocenters. The van der Waals surface area contributed by atoms with Crippen molar-refractivity contribution in [3.8, 4) is 11.5 Å². The minimum absolute atomic E-state index is 0.0261. The Hall–Kier alpha value is -2.40. The van der Waals surface area contributed by atoms with Crippen molar-refractivity contribution in [2.24, 2.45) is 0 Å². The molecule has 2 rings (SSSR count). The SMILES string of the molecule is Cc1cc(Cl)cc(C)c1Oc1ccc([N+](=O)[O-])c(C=O)c1. The zero-order valence-corrected chi connectivity index (χ0v) is 12.2. The minimum atomic E-state index is -0.605. The average molecular weight is 306 g/mol. The lowest BCUT2D eigenvalue weighted by Gasteiger charge is -2.12. The number of carbonyl (C=O) groups excluding carboxylic acids is 1. The lowest BCUT2D eigenvalue weighted by Crippen LogP contribution is -1.96. The maximum absolute atomic E-state index is 10.9. The van der Waals surface area contributed by atoms with E-state index in [1.165, 1.54) is 18.2 Å². The zero-order valence-electron chi connectivity index (χ0n) is 11.4. The smallest absolute Gasteiger partial charge is 0.280 e. The van der Waals surface area contributed by atoms with Crippen LogP contribution < -0.4 is 4.74 Å². The predicted molar refractivity (Wildman–Crippen MR) is 79.5 cm³/mol. The molecule has 0 N–H and O–H groups in total. The number of rotatable bonds is 4. The van der Waals surface area contributed by atoms with Crippen LogP contribution in [0.4, 0.5) is 5.69 Å². The van der Waals surface area contributed by atoms with E-state index in [1.54, 1.807) is 12.1 Å². The van der Waals surface area contributed by atoms with Crippen LogP contribution in [-0.2, 0) is 0 Å². The van der Waals surface area contributed by atoms with Gasteiger partial charge in [0.25, 0.3) is 5.69 Å². The van der Waals surface area contributed by atoms with E-state index in [9.17, 15) is 14.9 Å². The van der Waals surface area contributed by atoms with Gasteiger partial charge in [-0.25, -0.2) is 0 Å². The van der Waals surface area contributed by atoms with Gasteiger partial charge in [0, 0.05) is 11.1 Å². The molecule has 0 aliphatic carbocycles. The topological polar surface area (TPSA) is 69.4 Å². The van der Waals surface area contributed by atoms with E-state index in [-0.39, 0.29) is 11.3 Å². The van der Waals surface area contributed by atoms with Crippen molar-refractivity contribution in [1.29, 1.82) is 0 Å². The number of aldehydes is 1. The number of halogens is 1. The van der Waals surface area contributed by atoms with E-state index < -0.39 is 4.92 Å². The average Bonchev–Trinajstić information content (AvgIpc) is 2.42. The highest BCUT2D eigenvalue weighted by Gasteiger charge is 2.15. The first-order valence-electron chi connectivity index (χ1n) is 6.10. The molecule has 0 spiro atoms. The zero-order chi connectivity index (χ0) is 15.6. The number of aryl methyl sites for hydroxylation is 2. The Morgan fingerprint density at radius 1 is 1.19 bits per heavy atom. The van der Waals surface area contributed by atoms with Gasteiger partial charge in [0.2, 0.25) is 0 Å². The normalized spacial score (nSPS) is 10.2. The van der Waals surface area contributed by atoms with Gasteiger partial charge in [-0.2, -0.15) is 0 Å². The van der Waals surface area contributed by atoms with Gasteiger partial charge in [-0.1, -0.05) is 11.6 Å². The summed E-state index contributed by atoms with van der Waals surface area (Å²) in [6.45, 7) is 3.69. The number of nitro benzene ring substituents is 1. The molecule has 0 aromatic heterocycles. The quantitative estimate of drug-likeness (QED) is 0.475. The van der Waals surface area contributed by atoms with Crippen LogP contribution in [0.2, 0.25) is 5.02 Å². The number of nitro groups is 1. The number of ether oxygens (including phenoxy) is 1. The van der Waals surface area contributed by atoms with E-state index >= 15 is 0 Å². The summed E-state index contributed by atoms with van der Waals surface area (Å²) in [7, 11) is 0. The fraction of sp³-hybridized carbons (Fsp3) is 0.133. The molecule has 0 saturated carbocycles. The summed E-state index contributed by atoms with van der Waals surface area (Å²) in [6.07, 6.45) is 0.437. The molecule has 2 aromatic rings. The first-order valence-corrected chi connectivity index (χ1v) is 6.48. The molecular formula is C15H12ClNO4. The molecule has 0 bridgehead atoms. The van der Waals surface area contributed by atoms with E-state index in [1.807, 2.05) is 13.8 Å². The molecule has 0 radical (unpaired) electrons. The largest absolute Gasteiger partial charge is 0.457 e. The van der Waals surface area contributed by atoms with Crippen LogP contribution in [0.5, 0.6) is 11.5 Å². The van der Waals surface area contributed by atoms with E-state index in [0.717, 1.165) is 11.1 Å². The number of carbonyl (C=O) groups is 1. The van der Waals surface area contributed by atoms with Crippen LogP contribution >= 0.6 is 11.6 Å². The van der Waals surface area contributed by atoms with Crippen LogP contribution in [-0.4, -0.2) is 11.2 Å². The second-order valence-corrected chi connectivity index (χ2v) is 5.00. The molecule has 5 nitrogen and oxygen atoms in total. The van der Waals surface area contributed by atoms with E-state index in [2.05, 4.69) is 0 Å². The highest BCUT2D eigenvalue weighted by Crippen LogP contribution is 2.32. The third-order valence-corrected chi connectivity index (χ3v) is 3.19. The second-order valence-electron chi connectivity index (χ2n) is 4.57.